The van der Waals surface area contributed by atoms with Crippen molar-refractivity contribution in [2.24, 2.45) is 0 Å². The van der Waals surface area contributed by atoms with E-state index in [1.54, 1.807) is 0 Å². The van der Waals surface area contributed by atoms with Crippen LogP contribution in [0.5, 0.6) is 0 Å². The number of hydrogen-bond donors (Lipinski definition) is 2. The van der Waals surface area contributed by atoms with Gasteiger partial charge in [-0.25, -0.2) is 9.78 Å². The van der Waals surface area contributed by atoms with Crippen molar-refractivity contribution < 1.29 is 4.79 Å². The summed E-state index contributed by atoms with van der Waals surface area (Å²) < 4.78 is 4.27. The van der Waals surface area contributed by atoms with Crippen molar-refractivity contribution in [2.45, 2.75) is 19.9 Å². The summed E-state index contributed by atoms with van der Waals surface area (Å²) in [5.41, 5.74) is 4.03. The third-order valence-electron chi connectivity index (χ3n) is 4.33. The Balaban J connectivity index is 1.49. The molecule has 0 saturated carbocycles. The van der Waals surface area contributed by atoms with E-state index >= 15 is 0 Å². The molecule has 6 nitrogen and oxygen atoms in total. The van der Waals surface area contributed by atoms with Crippen LogP contribution < -0.4 is 15.5 Å². The second-order valence-corrected chi connectivity index (χ2v) is 6.91. The van der Waals surface area contributed by atoms with E-state index in [9.17, 15) is 4.79 Å². The van der Waals surface area contributed by atoms with Gasteiger partial charge in [0.2, 0.25) is 5.13 Å². The third kappa shape index (κ3) is 3.52. The normalized spacial score (nSPS) is 13.2. The second kappa shape index (κ2) is 7.13. The Morgan fingerprint density at radius 3 is 2.73 bits per heavy atom. The lowest BCUT2D eigenvalue weighted by Gasteiger charge is -2.29. The summed E-state index contributed by atoms with van der Waals surface area (Å²) in [6.45, 7) is 3.55. The number of para-hydroxylation sites is 1. The summed E-state index contributed by atoms with van der Waals surface area (Å²) in [6.07, 6.45) is 0.857. The number of rotatable bonds is 3. The van der Waals surface area contributed by atoms with Crippen molar-refractivity contribution in [2.75, 3.05) is 22.1 Å². The van der Waals surface area contributed by atoms with Crippen LogP contribution in [0.2, 0.25) is 0 Å². The number of carbonyl (C=O) groups is 1. The van der Waals surface area contributed by atoms with Crippen LogP contribution in [0.4, 0.5) is 21.3 Å². The Bertz CT molecular complexity index is 925. The van der Waals surface area contributed by atoms with Gasteiger partial charge >= 0.3 is 6.03 Å². The monoisotopic (exact) mass is 365 g/mol. The molecule has 0 unspecified atom stereocenters. The zero-order valence-electron chi connectivity index (χ0n) is 14.4. The zero-order valence-corrected chi connectivity index (χ0v) is 15.2. The first-order valence-corrected chi connectivity index (χ1v) is 9.25. The number of aryl methyl sites for hydroxylation is 1. The molecule has 2 N–H and O–H groups in total. The van der Waals surface area contributed by atoms with Crippen molar-refractivity contribution in [3.05, 3.63) is 65.5 Å². The van der Waals surface area contributed by atoms with Gasteiger partial charge in [-0.15, -0.1) is 0 Å². The van der Waals surface area contributed by atoms with Crippen LogP contribution in [0.3, 0.4) is 0 Å². The Kier molecular flexibility index (Phi) is 4.53. The molecule has 4 rings (SSSR count). The van der Waals surface area contributed by atoms with Gasteiger partial charge in [-0.05, 0) is 42.7 Å². The number of nitrogens with zero attached hydrogens (tertiary/aromatic N) is 3. The minimum absolute atomic E-state index is 0.230. The number of aromatic nitrogens is 2. The van der Waals surface area contributed by atoms with Gasteiger partial charge in [0.15, 0.2) is 0 Å². The lowest BCUT2D eigenvalue weighted by molar-refractivity contribution is 0.262. The average Bonchev–Trinajstić information content (AvgIpc) is 3.09. The minimum Gasteiger partial charge on any atom is -0.342 e. The van der Waals surface area contributed by atoms with E-state index in [1.165, 1.54) is 22.7 Å². The van der Waals surface area contributed by atoms with Crippen molar-refractivity contribution in [1.82, 2.24) is 9.36 Å². The third-order valence-corrected chi connectivity index (χ3v) is 5.20. The maximum Gasteiger partial charge on any atom is 0.323 e. The predicted octanol–water partition coefficient (Wildman–Crippen LogP) is 4.05. The molecule has 0 fully saturated rings. The quantitative estimate of drug-likeness (QED) is 0.734. The number of nitrogens with one attached hydrogen (secondary N) is 2. The standard InChI is InChI=1S/C19H19N5OS/c1-13-20-19(26-23-13)24-11-10-16-14(12-24)6-5-9-17(16)22-18(25)21-15-7-3-2-4-8-15/h2-9H,10-12H2,1H3,(H2,21,22,25). The number of hydrogen-bond acceptors (Lipinski definition) is 5. The zero-order chi connectivity index (χ0) is 17.9. The summed E-state index contributed by atoms with van der Waals surface area (Å²) in [6, 6.07) is 15.2. The maximum atomic E-state index is 12.3. The predicted molar refractivity (Wildman–Crippen MR) is 105 cm³/mol. The molecule has 0 bridgehead atoms. The van der Waals surface area contributed by atoms with Gasteiger partial charge in [-0.1, -0.05) is 30.3 Å². The summed E-state index contributed by atoms with van der Waals surface area (Å²) in [5, 5.41) is 6.79. The molecule has 26 heavy (non-hydrogen) atoms. The van der Waals surface area contributed by atoms with E-state index in [1.807, 2.05) is 49.4 Å². The minimum atomic E-state index is -0.230. The lowest BCUT2D eigenvalue weighted by atomic mass is 9.98. The molecule has 1 aromatic heterocycles. The van der Waals surface area contributed by atoms with Crippen LogP contribution >= 0.6 is 11.5 Å². The molecule has 2 heterocycles. The molecule has 132 valence electrons. The van der Waals surface area contributed by atoms with E-state index in [0.29, 0.717) is 0 Å². The van der Waals surface area contributed by atoms with Crippen molar-refractivity contribution in [3.63, 3.8) is 0 Å². The molecule has 2 amide bonds. The molecule has 0 saturated heterocycles. The number of urea groups is 1. The second-order valence-electron chi connectivity index (χ2n) is 6.18. The van der Waals surface area contributed by atoms with Gasteiger partial charge < -0.3 is 15.5 Å². The molecule has 0 radical (unpaired) electrons. The molecular weight excluding hydrogens is 346 g/mol. The van der Waals surface area contributed by atoms with Gasteiger partial charge in [-0.3, -0.25) is 0 Å². The SMILES string of the molecule is Cc1nsc(N2CCc3c(cccc3NC(=O)Nc3ccccc3)C2)n1. The van der Waals surface area contributed by atoms with Crippen LogP contribution in [0.1, 0.15) is 17.0 Å². The first-order chi connectivity index (χ1) is 12.7. The molecule has 0 aliphatic carbocycles. The Hall–Kier alpha value is -2.93. The topological polar surface area (TPSA) is 70.2 Å². The van der Waals surface area contributed by atoms with Crippen LogP contribution in [-0.4, -0.2) is 21.9 Å². The largest absolute Gasteiger partial charge is 0.342 e. The Morgan fingerprint density at radius 2 is 1.96 bits per heavy atom. The summed E-state index contributed by atoms with van der Waals surface area (Å²) in [4.78, 5) is 19.0. The number of amides is 2. The number of anilines is 3. The molecular formula is C19H19N5OS. The first-order valence-electron chi connectivity index (χ1n) is 8.48. The lowest BCUT2D eigenvalue weighted by Crippen LogP contribution is -2.31. The highest BCUT2D eigenvalue weighted by atomic mass is 32.1. The fourth-order valence-electron chi connectivity index (χ4n) is 3.11. The number of carbonyl (C=O) groups excluding carboxylic acids is 1. The highest BCUT2D eigenvalue weighted by Crippen LogP contribution is 2.30. The molecule has 7 heteroatoms. The maximum absolute atomic E-state index is 12.3. The van der Waals surface area contributed by atoms with Gasteiger partial charge in [0.25, 0.3) is 0 Å². The Labute approximate surface area is 156 Å². The van der Waals surface area contributed by atoms with Crippen molar-refractivity contribution in [3.8, 4) is 0 Å². The van der Waals surface area contributed by atoms with Gasteiger partial charge in [0.1, 0.15) is 5.82 Å². The fraction of sp³-hybridized carbons (Fsp3) is 0.211. The van der Waals surface area contributed by atoms with Crippen LogP contribution in [-0.2, 0) is 13.0 Å². The smallest absolute Gasteiger partial charge is 0.323 e. The van der Waals surface area contributed by atoms with E-state index in [-0.39, 0.29) is 6.03 Å². The molecule has 2 aromatic carbocycles. The summed E-state index contributed by atoms with van der Waals surface area (Å²) in [5.74, 6) is 0.809. The fourth-order valence-corrected chi connectivity index (χ4v) is 3.81. The number of fused-ring (bicyclic) bond motifs is 1. The van der Waals surface area contributed by atoms with Crippen LogP contribution in [0.25, 0.3) is 0 Å². The molecule has 0 spiro atoms. The molecule has 3 aromatic rings. The molecule has 0 atom stereocenters. The molecule has 1 aliphatic heterocycles. The highest BCUT2D eigenvalue weighted by Gasteiger charge is 2.21. The number of benzene rings is 2. The van der Waals surface area contributed by atoms with Gasteiger partial charge in [0.05, 0.1) is 0 Å². The Morgan fingerprint density at radius 1 is 1.12 bits per heavy atom. The van der Waals surface area contributed by atoms with Crippen molar-refractivity contribution >= 4 is 34.1 Å². The van der Waals surface area contributed by atoms with Crippen LogP contribution in [0.15, 0.2) is 48.5 Å². The summed E-state index contributed by atoms with van der Waals surface area (Å²) in [7, 11) is 0. The average molecular weight is 365 g/mol. The highest BCUT2D eigenvalue weighted by molar-refractivity contribution is 7.09. The van der Waals surface area contributed by atoms with Crippen molar-refractivity contribution in [1.29, 1.82) is 0 Å². The van der Waals surface area contributed by atoms with E-state index in [2.05, 4.69) is 31.0 Å². The van der Waals surface area contributed by atoms with Crippen LogP contribution in [0, 0.1) is 6.92 Å². The van der Waals surface area contributed by atoms with E-state index in [4.69, 9.17) is 0 Å². The van der Waals surface area contributed by atoms with Gasteiger partial charge in [-0.2, -0.15) is 4.37 Å². The molecule has 1 aliphatic rings. The first kappa shape index (κ1) is 16.5. The summed E-state index contributed by atoms with van der Waals surface area (Å²) >= 11 is 1.43. The van der Waals surface area contributed by atoms with E-state index < -0.39 is 0 Å². The van der Waals surface area contributed by atoms with E-state index in [0.717, 1.165) is 41.8 Å². The van der Waals surface area contributed by atoms with Gasteiger partial charge in [0, 0.05) is 36.0 Å².